The maximum absolute atomic E-state index is 10.1. The van der Waals surface area contributed by atoms with Crippen LogP contribution in [0.1, 0.15) is 5.69 Å². The van der Waals surface area contributed by atoms with Crippen molar-refractivity contribution in [3.63, 3.8) is 0 Å². The molecular formula is C14H11Cl2N3O2. The van der Waals surface area contributed by atoms with Crippen LogP contribution in [0.2, 0.25) is 10.0 Å². The maximum Gasteiger partial charge on any atom is 0.200 e. The van der Waals surface area contributed by atoms with Gasteiger partial charge in [-0.05, 0) is 25.1 Å². The molecule has 108 valence electrons. The van der Waals surface area contributed by atoms with Crippen molar-refractivity contribution in [1.82, 2.24) is 14.8 Å². The van der Waals surface area contributed by atoms with Gasteiger partial charge in [0.25, 0.3) is 0 Å². The molecule has 0 amide bonds. The van der Waals surface area contributed by atoms with Crippen LogP contribution >= 0.6 is 23.2 Å². The lowest BCUT2D eigenvalue weighted by atomic mass is 10.1. The van der Waals surface area contributed by atoms with Gasteiger partial charge in [-0.15, -0.1) is 0 Å². The van der Waals surface area contributed by atoms with Gasteiger partial charge in [0.05, 0.1) is 28.2 Å². The Balaban J connectivity index is 2.19. The van der Waals surface area contributed by atoms with Crippen LogP contribution in [-0.4, -0.2) is 25.0 Å². The number of nitrogens with zero attached hydrogens (tertiary/aromatic N) is 2. The van der Waals surface area contributed by atoms with Crippen LogP contribution < -0.4 is 0 Å². The Morgan fingerprint density at radius 1 is 1.24 bits per heavy atom. The fourth-order valence-corrected chi connectivity index (χ4v) is 2.49. The molecule has 0 atom stereocenters. The molecule has 0 bridgehead atoms. The van der Waals surface area contributed by atoms with Gasteiger partial charge in [-0.3, -0.25) is 0 Å². The van der Waals surface area contributed by atoms with Gasteiger partial charge in [-0.25, -0.2) is 4.68 Å². The van der Waals surface area contributed by atoms with E-state index in [0.29, 0.717) is 27.0 Å². The maximum atomic E-state index is 10.1. The highest BCUT2D eigenvalue weighted by Gasteiger charge is 2.19. The second kappa shape index (κ2) is 5.02. The molecule has 0 saturated carbocycles. The van der Waals surface area contributed by atoms with Gasteiger partial charge < -0.3 is 15.2 Å². The Kier molecular flexibility index (Phi) is 3.31. The summed E-state index contributed by atoms with van der Waals surface area (Å²) in [5.74, 6) is -0.174. The lowest BCUT2D eigenvalue weighted by Crippen LogP contribution is -1.94. The highest BCUT2D eigenvalue weighted by atomic mass is 35.5. The Labute approximate surface area is 130 Å². The lowest BCUT2D eigenvalue weighted by Gasteiger charge is -2.08. The molecule has 3 rings (SSSR count). The Morgan fingerprint density at radius 2 is 2.00 bits per heavy atom. The van der Waals surface area contributed by atoms with E-state index in [1.807, 2.05) is 0 Å². The zero-order valence-corrected chi connectivity index (χ0v) is 12.4. The van der Waals surface area contributed by atoms with E-state index in [4.69, 9.17) is 23.2 Å². The summed E-state index contributed by atoms with van der Waals surface area (Å²) in [4.78, 5) is 2.67. The minimum absolute atomic E-state index is 0.0370. The number of benzene rings is 1. The smallest absolute Gasteiger partial charge is 0.200 e. The predicted molar refractivity (Wildman–Crippen MR) is 81.4 cm³/mol. The van der Waals surface area contributed by atoms with E-state index < -0.39 is 0 Å². The SMILES string of the molecule is Cc1[nH]c(O)c(-c2cc(-n3cc(Cl)cn3)ccc2Cl)c1O. The summed E-state index contributed by atoms with van der Waals surface area (Å²) in [7, 11) is 0. The van der Waals surface area contributed by atoms with Gasteiger partial charge in [-0.1, -0.05) is 23.2 Å². The number of aromatic hydroxyl groups is 2. The molecule has 0 aliphatic carbocycles. The topological polar surface area (TPSA) is 74.1 Å². The highest BCUT2D eigenvalue weighted by Crippen LogP contribution is 2.43. The molecule has 2 aromatic heterocycles. The summed E-state index contributed by atoms with van der Waals surface area (Å²) in [6.07, 6.45) is 3.17. The molecule has 3 aromatic rings. The summed E-state index contributed by atoms with van der Waals surface area (Å²) < 4.78 is 1.58. The summed E-state index contributed by atoms with van der Waals surface area (Å²) >= 11 is 12.0. The first-order valence-electron chi connectivity index (χ1n) is 6.08. The van der Waals surface area contributed by atoms with Crippen LogP contribution in [0.15, 0.2) is 30.6 Å². The van der Waals surface area contributed by atoms with Crippen molar-refractivity contribution in [1.29, 1.82) is 0 Å². The second-order valence-electron chi connectivity index (χ2n) is 4.59. The molecule has 0 saturated heterocycles. The first-order chi connectivity index (χ1) is 9.97. The average Bonchev–Trinajstić information content (AvgIpc) is 2.96. The third kappa shape index (κ3) is 2.34. The van der Waals surface area contributed by atoms with Gasteiger partial charge in [0.2, 0.25) is 5.88 Å². The van der Waals surface area contributed by atoms with E-state index in [1.54, 1.807) is 36.0 Å². The van der Waals surface area contributed by atoms with Gasteiger partial charge in [0.1, 0.15) is 5.75 Å². The number of rotatable bonds is 2. The Bertz CT molecular complexity index is 824. The first kappa shape index (κ1) is 13.9. The predicted octanol–water partition coefficient (Wildman–Crippen LogP) is 3.89. The van der Waals surface area contributed by atoms with Crippen LogP contribution in [0.3, 0.4) is 0 Å². The van der Waals surface area contributed by atoms with Crippen molar-refractivity contribution >= 4 is 23.2 Å². The van der Waals surface area contributed by atoms with Gasteiger partial charge in [0, 0.05) is 16.8 Å². The molecule has 7 heteroatoms. The molecule has 0 unspecified atom stereocenters. The van der Waals surface area contributed by atoms with Crippen LogP contribution in [0.4, 0.5) is 0 Å². The number of halogens is 2. The van der Waals surface area contributed by atoms with E-state index in [9.17, 15) is 10.2 Å². The number of hydrogen-bond donors (Lipinski definition) is 3. The summed E-state index contributed by atoms with van der Waals surface area (Å²) in [6, 6.07) is 5.15. The molecule has 0 fully saturated rings. The Hall–Kier alpha value is -2.11. The zero-order chi connectivity index (χ0) is 15.1. The average molecular weight is 324 g/mol. The molecule has 1 aromatic carbocycles. The van der Waals surface area contributed by atoms with Crippen LogP contribution in [0.5, 0.6) is 11.6 Å². The van der Waals surface area contributed by atoms with Crippen molar-refractivity contribution in [3.8, 4) is 28.4 Å². The summed E-state index contributed by atoms with van der Waals surface area (Å²) in [6.45, 7) is 1.66. The zero-order valence-electron chi connectivity index (χ0n) is 10.9. The molecule has 5 nitrogen and oxygen atoms in total. The number of H-pyrrole nitrogens is 1. The van der Waals surface area contributed by atoms with E-state index in [2.05, 4.69) is 10.1 Å². The van der Waals surface area contributed by atoms with Crippen molar-refractivity contribution in [2.45, 2.75) is 6.92 Å². The molecular weight excluding hydrogens is 313 g/mol. The van der Waals surface area contributed by atoms with Crippen molar-refractivity contribution in [2.24, 2.45) is 0 Å². The quantitative estimate of drug-likeness (QED) is 0.669. The third-order valence-corrected chi connectivity index (χ3v) is 3.69. The molecule has 21 heavy (non-hydrogen) atoms. The molecule has 0 aliphatic heterocycles. The number of aromatic nitrogens is 3. The molecule has 3 N–H and O–H groups in total. The number of aromatic amines is 1. The molecule has 2 heterocycles. The van der Waals surface area contributed by atoms with E-state index in [1.165, 1.54) is 6.20 Å². The summed E-state index contributed by atoms with van der Waals surface area (Å²) in [5, 5.41) is 25.0. The monoisotopic (exact) mass is 323 g/mol. The number of aryl methyl sites for hydroxylation is 1. The standard InChI is InChI=1S/C14H11Cl2N3O2/c1-7-13(20)12(14(21)18-7)10-4-9(2-3-11(10)16)19-6-8(15)5-17-19/h2-6,18,20-21H,1H3. The minimum Gasteiger partial charge on any atom is -0.505 e. The second-order valence-corrected chi connectivity index (χ2v) is 5.43. The largest absolute Gasteiger partial charge is 0.505 e. The minimum atomic E-state index is -0.137. The highest BCUT2D eigenvalue weighted by molar-refractivity contribution is 6.33. The molecule has 0 spiro atoms. The lowest BCUT2D eigenvalue weighted by molar-refractivity contribution is 0.455. The number of hydrogen-bond acceptors (Lipinski definition) is 3. The van der Waals surface area contributed by atoms with E-state index >= 15 is 0 Å². The fraction of sp³-hybridized carbons (Fsp3) is 0.0714. The van der Waals surface area contributed by atoms with Crippen molar-refractivity contribution in [3.05, 3.63) is 46.3 Å². The van der Waals surface area contributed by atoms with Gasteiger partial charge in [0.15, 0.2) is 0 Å². The molecule has 0 radical (unpaired) electrons. The van der Waals surface area contributed by atoms with Crippen LogP contribution in [0, 0.1) is 6.92 Å². The fourth-order valence-electron chi connectivity index (χ4n) is 2.14. The van der Waals surface area contributed by atoms with Crippen LogP contribution in [-0.2, 0) is 0 Å². The third-order valence-electron chi connectivity index (χ3n) is 3.17. The molecule has 0 aliphatic rings. The summed E-state index contributed by atoms with van der Waals surface area (Å²) in [5.41, 5.74) is 1.93. The van der Waals surface area contributed by atoms with Crippen molar-refractivity contribution < 1.29 is 10.2 Å². The van der Waals surface area contributed by atoms with Crippen LogP contribution in [0.25, 0.3) is 16.8 Å². The van der Waals surface area contributed by atoms with E-state index in [0.717, 1.165) is 0 Å². The van der Waals surface area contributed by atoms with Crippen molar-refractivity contribution in [2.75, 3.05) is 0 Å². The number of nitrogens with one attached hydrogen (secondary N) is 1. The Morgan fingerprint density at radius 3 is 2.57 bits per heavy atom. The first-order valence-corrected chi connectivity index (χ1v) is 6.84. The van der Waals surface area contributed by atoms with Gasteiger partial charge in [-0.2, -0.15) is 5.10 Å². The normalized spacial score (nSPS) is 11.0. The van der Waals surface area contributed by atoms with E-state index in [-0.39, 0.29) is 17.2 Å². The van der Waals surface area contributed by atoms with Gasteiger partial charge >= 0.3 is 0 Å².